The van der Waals surface area contributed by atoms with E-state index in [1.807, 2.05) is 6.07 Å². The van der Waals surface area contributed by atoms with E-state index in [1.165, 1.54) is 16.9 Å². The Kier molecular flexibility index (Phi) is 7.52. The molecule has 0 radical (unpaired) electrons. The van der Waals surface area contributed by atoms with Crippen molar-refractivity contribution in [2.75, 3.05) is 13.1 Å². The van der Waals surface area contributed by atoms with Gasteiger partial charge in [0.1, 0.15) is 12.1 Å². The molecule has 2 aromatic rings. The molecule has 1 N–H and O–H groups in total. The highest BCUT2D eigenvalue weighted by atomic mass is 32.1. The summed E-state index contributed by atoms with van der Waals surface area (Å²) in [6.07, 6.45) is 6.59. The van der Waals surface area contributed by atoms with E-state index in [0.29, 0.717) is 30.8 Å². The maximum absolute atomic E-state index is 13.9. The first-order valence-electron chi connectivity index (χ1n) is 13.8. The van der Waals surface area contributed by atoms with Crippen molar-refractivity contribution in [1.82, 2.24) is 15.1 Å². The van der Waals surface area contributed by atoms with E-state index in [2.05, 4.69) is 43.4 Å². The molecule has 0 saturated carbocycles. The summed E-state index contributed by atoms with van der Waals surface area (Å²) in [7, 11) is 0. The van der Waals surface area contributed by atoms with Crippen LogP contribution in [0.25, 0.3) is 10.1 Å². The number of nitrogens with zero attached hydrogens (tertiary/aromatic N) is 3. The zero-order chi connectivity index (χ0) is 26.1. The Morgan fingerprint density at radius 3 is 2.65 bits per heavy atom. The van der Waals surface area contributed by atoms with Gasteiger partial charge in [-0.25, -0.2) is 0 Å². The fourth-order valence-electron chi connectivity index (χ4n) is 6.38. The summed E-state index contributed by atoms with van der Waals surface area (Å²) in [5.41, 5.74) is 1.23. The normalized spacial score (nSPS) is 28.0. The number of rotatable bonds is 5. The number of fused-ring (bicyclic) bond motifs is 2. The third-order valence-electron chi connectivity index (χ3n) is 8.58. The molecule has 3 aliphatic heterocycles. The van der Waals surface area contributed by atoms with E-state index < -0.39 is 12.1 Å². The maximum atomic E-state index is 13.9. The van der Waals surface area contributed by atoms with Gasteiger partial charge in [-0.1, -0.05) is 45.2 Å². The minimum Gasteiger partial charge on any atom is -0.340 e. The number of benzene rings is 1. The number of nitriles is 1. The van der Waals surface area contributed by atoms with Crippen molar-refractivity contribution in [1.29, 1.82) is 5.26 Å². The average molecular weight is 521 g/mol. The van der Waals surface area contributed by atoms with Gasteiger partial charge in [0.15, 0.2) is 0 Å². The number of hydrogen-bond acceptors (Lipinski definition) is 5. The van der Waals surface area contributed by atoms with Gasteiger partial charge in [-0.15, -0.1) is 11.3 Å². The Morgan fingerprint density at radius 2 is 1.92 bits per heavy atom. The van der Waals surface area contributed by atoms with Crippen LogP contribution in [0, 0.1) is 23.2 Å². The second kappa shape index (κ2) is 10.8. The van der Waals surface area contributed by atoms with Crippen LogP contribution in [-0.2, 0) is 16.0 Å². The zero-order valence-electron chi connectivity index (χ0n) is 21.7. The molecule has 1 aromatic carbocycles. The van der Waals surface area contributed by atoms with Gasteiger partial charge in [0, 0.05) is 23.8 Å². The molecule has 4 heterocycles. The number of nitrogens with one attached hydrogen (secondary N) is 1. The van der Waals surface area contributed by atoms with Crippen molar-refractivity contribution >= 4 is 39.1 Å². The fraction of sp³-hybridized carbons (Fsp3) is 0.586. The fourth-order valence-corrected chi connectivity index (χ4v) is 7.33. The Morgan fingerprint density at radius 1 is 1.11 bits per heavy atom. The van der Waals surface area contributed by atoms with Crippen LogP contribution in [0.5, 0.6) is 0 Å². The number of aryl methyl sites for hydroxylation is 1. The standard InChI is InChI=1S/C29H36N4O3S/c1-3-18-9-12-25-20(13-18)14-26(37-25)27(34)31-23-8-6-5-7-22-10-11-24(33(22)28(23)35)29(36)32-16-19(4-2)21(15-30)17-32/h9,12-14,19,21-24H,3-8,10-11,16-17H2,1-2H3,(H,31,34)/t19-,21-,22+,23+,24+/m1/s1. The zero-order valence-corrected chi connectivity index (χ0v) is 22.6. The van der Waals surface area contributed by atoms with Crippen LogP contribution in [0.15, 0.2) is 24.3 Å². The topological polar surface area (TPSA) is 93.5 Å². The molecule has 3 fully saturated rings. The third kappa shape index (κ3) is 4.98. The predicted octanol–water partition coefficient (Wildman–Crippen LogP) is 4.50. The number of amides is 3. The van der Waals surface area contributed by atoms with Crippen molar-refractivity contribution < 1.29 is 14.4 Å². The van der Waals surface area contributed by atoms with Crippen LogP contribution < -0.4 is 5.32 Å². The average Bonchev–Trinajstić information content (AvgIpc) is 3.64. The molecule has 3 aliphatic rings. The summed E-state index contributed by atoms with van der Waals surface area (Å²) < 4.78 is 1.06. The molecule has 1 aromatic heterocycles. The Hall–Kier alpha value is -2.92. The van der Waals surface area contributed by atoms with E-state index in [0.717, 1.165) is 48.6 Å². The van der Waals surface area contributed by atoms with Crippen LogP contribution >= 0.6 is 11.3 Å². The van der Waals surface area contributed by atoms with Crippen LogP contribution in [0.2, 0.25) is 0 Å². The molecule has 196 valence electrons. The van der Waals surface area contributed by atoms with Crippen molar-refractivity contribution in [3.05, 3.63) is 34.7 Å². The van der Waals surface area contributed by atoms with E-state index in [4.69, 9.17) is 0 Å². The molecular formula is C29H36N4O3S. The molecule has 3 saturated heterocycles. The lowest BCUT2D eigenvalue weighted by Gasteiger charge is -2.36. The SMILES string of the molecule is CCc1ccc2sc(C(=O)N[C@H]3CCCC[C@H]4CC[C@@H](C(=O)N5C[C@@H](CC)[C@H](C#N)C5)N4C3=O)cc2c1. The van der Waals surface area contributed by atoms with Crippen molar-refractivity contribution in [3.63, 3.8) is 0 Å². The Balaban J connectivity index is 1.33. The molecule has 0 unspecified atom stereocenters. The maximum Gasteiger partial charge on any atom is 0.262 e. The summed E-state index contributed by atoms with van der Waals surface area (Å²) >= 11 is 1.45. The summed E-state index contributed by atoms with van der Waals surface area (Å²) in [5.74, 6) is -0.342. The minimum atomic E-state index is -0.631. The quantitative estimate of drug-likeness (QED) is 0.628. The number of hydrogen-bond donors (Lipinski definition) is 1. The number of thiophene rings is 1. The van der Waals surface area contributed by atoms with Gasteiger partial charge in [0.25, 0.3) is 5.91 Å². The summed E-state index contributed by atoms with van der Waals surface area (Å²) in [4.78, 5) is 44.9. The molecule has 37 heavy (non-hydrogen) atoms. The van der Waals surface area contributed by atoms with E-state index in [9.17, 15) is 19.6 Å². The second-order valence-corrected chi connectivity index (χ2v) is 11.9. The molecule has 5 rings (SSSR count). The number of carbonyl (C=O) groups is 3. The van der Waals surface area contributed by atoms with E-state index in [1.54, 1.807) is 9.80 Å². The Labute approximate surface area is 222 Å². The Bertz CT molecular complexity index is 1230. The lowest BCUT2D eigenvalue weighted by Crippen LogP contribution is -2.56. The highest BCUT2D eigenvalue weighted by Crippen LogP contribution is 2.35. The molecular weight excluding hydrogens is 484 g/mol. The number of carbonyl (C=O) groups excluding carboxylic acids is 3. The molecule has 0 spiro atoms. The first-order chi connectivity index (χ1) is 17.9. The van der Waals surface area contributed by atoms with Gasteiger partial charge in [0.05, 0.1) is 16.9 Å². The summed E-state index contributed by atoms with van der Waals surface area (Å²) in [6, 6.07) is 9.45. The smallest absolute Gasteiger partial charge is 0.262 e. The largest absolute Gasteiger partial charge is 0.340 e. The molecule has 0 bridgehead atoms. The lowest BCUT2D eigenvalue weighted by molar-refractivity contribution is -0.146. The van der Waals surface area contributed by atoms with Gasteiger partial charge in [-0.3, -0.25) is 14.4 Å². The lowest BCUT2D eigenvalue weighted by atomic mass is 9.95. The van der Waals surface area contributed by atoms with E-state index in [-0.39, 0.29) is 35.6 Å². The third-order valence-corrected chi connectivity index (χ3v) is 9.70. The first-order valence-corrected chi connectivity index (χ1v) is 14.6. The van der Waals surface area contributed by atoms with E-state index >= 15 is 0 Å². The van der Waals surface area contributed by atoms with Crippen molar-refractivity contribution in [2.45, 2.75) is 83.3 Å². The van der Waals surface area contributed by atoms with Gasteiger partial charge in [0.2, 0.25) is 11.8 Å². The first kappa shape index (κ1) is 25.7. The molecule has 8 heteroatoms. The minimum absolute atomic E-state index is 0.0334. The molecule has 0 aliphatic carbocycles. The van der Waals surface area contributed by atoms with Gasteiger partial charge in [-0.2, -0.15) is 5.26 Å². The predicted molar refractivity (Wildman–Crippen MR) is 144 cm³/mol. The van der Waals surface area contributed by atoms with Crippen LogP contribution in [0.4, 0.5) is 0 Å². The van der Waals surface area contributed by atoms with Crippen LogP contribution in [0.1, 0.15) is 74.0 Å². The van der Waals surface area contributed by atoms with Gasteiger partial charge >= 0.3 is 0 Å². The second-order valence-electron chi connectivity index (χ2n) is 10.8. The summed E-state index contributed by atoms with van der Waals surface area (Å²) in [5, 5.41) is 13.6. The van der Waals surface area contributed by atoms with Crippen LogP contribution in [-0.4, -0.2) is 58.7 Å². The molecule has 3 amide bonds. The molecule has 5 atom stereocenters. The highest BCUT2D eigenvalue weighted by molar-refractivity contribution is 7.20. The van der Waals surface area contributed by atoms with Gasteiger partial charge in [-0.05, 0) is 61.1 Å². The van der Waals surface area contributed by atoms with Crippen LogP contribution in [0.3, 0.4) is 0 Å². The van der Waals surface area contributed by atoms with Crippen molar-refractivity contribution in [2.24, 2.45) is 11.8 Å². The highest BCUT2D eigenvalue weighted by Gasteiger charge is 2.47. The summed E-state index contributed by atoms with van der Waals surface area (Å²) in [6.45, 7) is 5.20. The van der Waals surface area contributed by atoms with Gasteiger partial charge < -0.3 is 15.1 Å². The molecule has 7 nitrogen and oxygen atoms in total. The number of likely N-dealkylation sites (tertiary alicyclic amines) is 1. The monoisotopic (exact) mass is 520 g/mol. The van der Waals surface area contributed by atoms with Crippen molar-refractivity contribution in [3.8, 4) is 6.07 Å².